The maximum absolute atomic E-state index is 12.5. The Hall–Kier alpha value is -2.56. The van der Waals surface area contributed by atoms with E-state index in [4.69, 9.17) is 0 Å². The van der Waals surface area contributed by atoms with E-state index >= 15 is 0 Å². The number of rotatable bonds is 1. The van der Waals surface area contributed by atoms with Gasteiger partial charge in [-0.25, -0.2) is 4.79 Å². The van der Waals surface area contributed by atoms with Crippen LogP contribution in [0.1, 0.15) is 16.7 Å². The molecule has 2 amide bonds. The second kappa shape index (κ2) is 5.67. The van der Waals surface area contributed by atoms with E-state index in [1.54, 1.807) is 18.1 Å². The first-order valence-electron chi connectivity index (χ1n) is 7.34. The van der Waals surface area contributed by atoms with E-state index in [1.807, 2.05) is 19.1 Å². The normalized spacial score (nSPS) is 13.6. The lowest BCUT2D eigenvalue weighted by Gasteiger charge is -2.29. The number of carbonyl (C=O) groups excluding carboxylic acids is 1. The van der Waals surface area contributed by atoms with Crippen LogP contribution in [0.4, 0.5) is 10.5 Å². The molecule has 1 aromatic carbocycles. The van der Waals surface area contributed by atoms with Crippen LogP contribution in [0.25, 0.3) is 0 Å². The number of benzene rings is 1. The maximum Gasteiger partial charge on any atom is 0.322 e. The van der Waals surface area contributed by atoms with Crippen molar-refractivity contribution in [3.05, 3.63) is 63.6 Å². The van der Waals surface area contributed by atoms with Crippen LogP contribution in [0, 0.1) is 6.92 Å². The van der Waals surface area contributed by atoms with Crippen LogP contribution in [-0.4, -0.2) is 22.0 Å². The van der Waals surface area contributed by atoms with Gasteiger partial charge in [-0.1, -0.05) is 24.3 Å². The first-order valence-corrected chi connectivity index (χ1v) is 7.34. The molecule has 1 aliphatic rings. The van der Waals surface area contributed by atoms with Crippen molar-refractivity contribution in [3.63, 3.8) is 0 Å². The summed E-state index contributed by atoms with van der Waals surface area (Å²) in [5, 5.41) is 2.91. The average Bonchev–Trinajstić information content (AvgIpc) is 2.52. The Morgan fingerprint density at radius 1 is 1.23 bits per heavy atom. The van der Waals surface area contributed by atoms with Crippen molar-refractivity contribution in [2.45, 2.75) is 19.9 Å². The van der Waals surface area contributed by atoms with Crippen molar-refractivity contribution in [2.24, 2.45) is 7.05 Å². The summed E-state index contributed by atoms with van der Waals surface area (Å²) < 4.78 is 1.47. The van der Waals surface area contributed by atoms with Gasteiger partial charge in [0, 0.05) is 32.4 Å². The van der Waals surface area contributed by atoms with E-state index in [9.17, 15) is 9.59 Å². The van der Waals surface area contributed by atoms with Crippen molar-refractivity contribution >= 4 is 11.7 Å². The third-order valence-corrected chi connectivity index (χ3v) is 4.09. The van der Waals surface area contributed by atoms with E-state index in [0.717, 1.165) is 12.0 Å². The molecule has 1 aliphatic heterocycles. The highest BCUT2D eigenvalue weighted by Gasteiger charge is 2.20. The van der Waals surface area contributed by atoms with Crippen LogP contribution >= 0.6 is 0 Å². The molecule has 0 atom stereocenters. The molecule has 22 heavy (non-hydrogen) atoms. The van der Waals surface area contributed by atoms with E-state index in [1.165, 1.54) is 21.8 Å². The molecular weight excluding hydrogens is 278 g/mol. The molecule has 1 N–H and O–H groups in total. The fourth-order valence-electron chi connectivity index (χ4n) is 2.72. The fraction of sp³-hybridized carbons (Fsp3) is 0.294. The van der Waals surface area contributed by atoms with Gasteiger partial charge < -0.3 is 14.8 Å². The molecule has 0 bridgehead atoms. The van der Waals surface area contributed by atoms with Crippen LogP contribution in [0.3, 0.4) is 0 Å². The molecule has 0 saturated carbocycles. The lowest BCUT2D eigenvalue weighted by Crippen LogP contribution is -2.39. The Labute approximate surface area is 129 Å². The number of anilines is 1. The van der Waals surface area contributed by atoms with Crippen LogP contribution in [0.2, 0.25) is 0 Å². The number of nitrogens with one attached hydrogen (secondary N) is 1. The maximum atomic E-state index is 12.5. The van der Waals surface area contributed by atoms with Crippen LogP contribution in [-0.2, 0) is 20.0 Å². The lowest BCUT2D eigenvalue weighted by atomic mass is 10.0. The molecule has 2 heterocycles. The van der Waals surface area contributed by atoms with E-state index in [-0.39, 0.29) is 11.6 Å². The SMILES string of the molecule is Cc1cc(=O)n(C)cc1NC(=O)N1CCc2ccccc2C1. The minimum absolute atomic E-state index is 0.0811. The van der Waals surface area contributed by atoms with Gasteiger partial charge in [-0.05, 0) is 30.0 Å². The van der Waals surface area contributed by atoms with Gasteiger partial charge in [-0.15, -0.1) is 0 Å². The number of nitrogens with zero attached hydrogens (tertiary/aromatic N) is 2. The first kappa shape index (κ1) is 14.4. The quantitative estimate of drug-likeness (QED) is 0.878. The molecule has 5 nitrogen and oxygen atoms in total. The monoisotopic (exact) mass is 297 g/mol. The smallest absolute Gasteiger partial charge is 0.320 e. The van der Waals surface area contributed by atoms with Gasteiger partial charge in [0.15, 0.2) is 0 Å². The zero-order chi connectivity index (χ0) is 15.7. The number of fused-ring (bicyclic) bond motifs is 1. The van der Waals surface area contributed by atoms with E-state index in [0.29, 0.717) is 18.8 Å². The predicted molar refractivity (Wildman–Crippen MR) is 86.0 cm³/mol. The number of carbonyl (C=O) groups is 1. The summed E-state index contributed by atoms with van der Waals surface area (Å²) in [6.07, 6.45) is 2.53. The molecule has 0 spiro atoms. The molecule has 0 aliphatic carbocycles. The molecule has 0 radical (unpaired) electrons. The molecule has 2 aromatic rings. The second-order valence-electron chi connectivity index (χ2n) is 5.69. The van der Waals surface area contributed by atoms with Crippen molar-refractivity contribution in [1.82, 2.24) is 9.47 Å². The average molecular weight is 297 g/mol. The zero-order valence-corrected chi connectivity index (χ0v) is 12.8. The fourth-order valence-corrected chi connectivity index (χ4v) is 2.72. The number of aromatic nitrogens is 1. The minimum atomic E-state index is -0.128. The van der Waals surface area contributed by atoms with Gasteiger partial charge in [-0.3, -0.25) is 4.79 Å². The van der Waals surface area contributed by atoms with E-state index < -0.39 is 0 Å². The molecule has 114 valence electrons. The Kier molecular flexibility index (Phi) is 3.71. The van der Waals surface area contributed by atoms with Crippen LogP contribution in [0.15, 0.2) is 41.3 Å². The molecule has 5 heteroatoms. The summed E-state index contributed by atoms with van der Waals surface area (Å²) in [5.74, 6) is 0. The first-order chi connectivity index (χ1) is 10.5. The predicted octanol–water partition coefficient (Wildman–Crippen LogP) is 2.28. The van der Waals surface area contributed by atoms with Crippen molar-refractivity contribution < 1.29 is 4.79 Å². The van der Waals surface area contributed by atoms with Crippen LogP contribution in [0.5, 0.6) is 0 Å². The minimum Gasteiger partial charge on any atom is -0.320 e. The molecular formula is C17H19N3O2. The molecule has 0 saturated heterocycles. The number of urea groups is 1. The highest BCUT2D eigenvalue weighted by Crippen LogP contribution is 2.20. The largest absolute Gasteiger partial charge is 0.322 e. The summed E-state index contributed by atoms with van der Waals surface area (Å²) in [6.45, 7) is 3.14. The summed E-state index contributed by atoms with van der Waals surface area (Å²) >= 11 is 0. The van der Waals surface area contributed by atoms with Gasteiger partial charge >= 0.3 is 6.03 Å². The number of pyridine rings is 1. The highest BCUT2D eigenvalue weighted by molar-refractivity contribution is 5.90. The number of hydrogen-bond donors (Lipinski definition) is 1. The van der Waals surface area contributed by atoms with Gasteiger partial charge in [0.2, 0.25) is 0 Å². The zero-order valence-electron chi connectivity index (χ0n) is 12.8. The second-order valence-corrected chi connectivity index (χ2v) is 5.69. The summed E-state index contributed by atoms with van der Waals surface area (Å²) in [5.41, 5.74) is 3.87. The summed E-state index contributed by atoms with van der Waals surface area (Å²) in [7, 11) is 1.68. The molecule has 1 aromatic heterocycles. The topological polar surface area (TPSA) is 54.3 Å². The van der Waals surface area contributed by atoms with Gasteiger partial charge in [0.1, 0.15) is 0 Å². The third-order valence-electron chi connectivity index (χ3n) is 4.09. The van der Waals surface area contributed by atoms with Gasteiger partial charge in [-0.2, -0.15) is 0 Å². The Morgan fingerprint density at radius 2 is 1.95 bits per heavy atom. The Morgan fingerprint density at radius 3 is 2.73 bits per heavy atom. The molecule has 0 unspecified atom stereocenters. The molecule has 3 rings (SSSR count). The Balaban J connectivity index is 1.76. The van der Waals surface area contributed by atoms with Crippen molar-refractivity contribution in [3.8, 4) is 0 Å². The number of hydrogen-bond acceptors (Lipinski definition) is 2. The van der Waals surface area contributed by atoms with Crippen molar-refractivity contribution in [2.75, 3.05) is 11.9 Å². The summed E-state index contributed by atoms with van der Waals surface area (Å²) in [4.78, 5) is 25.8. The lowest BCUT2D eigenvalue weighted by molar-refractivity contribution is 0.206. The van der Waals surface area contributed by atoms with Crippen molar-refractivity contribution in [1.29, 1.82) is 0 Å². The molecule has 0 fully saturated rings. The number of amides is 2. The standard InChI is InChI=1S/C17H19N3O2/c1-12-9-16(21)19(2)11-15(12)18-17(22)20-8-7-13-5-3-4-6-14(13)10-20/h3-6,9,11H,7-8,10H2,1-2H3,(H,18,22). The highest BCUT2D eigenvalue weighted by atomic mass is 16.2. The Bertz CT molecular complexity index is 780. The van der Waals surface area contributed by atoms with E-state index in [2.05, 4.69) is 17.4 Å². The number of aryl methyl sites for hydroxylation is 2. The third kappa shape index (κ3) is 2.74. The van der Waals surface area contributed by atoms with Gasteiger partial charge in [0.05, 0.1) is 5.69 Å². The van der Waals surface area contributed by atoms with Gasteiger partial charge in [0.25, 0.3) is 5.56 Å². The van der Waals surface area contributed by atoms with Crippen LogP contribution < -0.4 is 10.9 Å². The summed E-state index contributed by atoms with van der Waals surface area (Å²) in [6, 6.07) is 9.60.